The lowest BCUT2D eigenvalue weighted by molar-refractivity contribution is -0.120. The number of fused-ring (bicyclic) bond motifs is 3. The minimum Gasteiger partial charge on any atom is -0.390 e. The molecule has 5 aromatic rings. The van der Waals surface area contributed by atoms with Crippen molar-refractivity contribution < 1.29 is 19.4 Å². The van der Waals surface area contributed by atoms with E-state index in [9.17, 15) is 9.90 Å². The summed E-state index contributed by atoms with van der Waals surface area (Å²) < 4.78 is 15.4. The maximum Gasteiger partial charge on any atom is 0.217 e. The first kappa shape index (κ1) is 43.3. The largest absolute Gasteiger partial charge is 0.390 e. The Labute approximate surface area is 346 Å². The van der Waals surface area contributed by atoms with Crippen molar-refractivity contribution in [2.24, 2.45) is 0 Å². The van der Waals surface area contributed by atoms with Crippen molar-refractivity contribution in [2.75, 3.05) is 65.7 Å². The first-order valence-corrected chi connectivity index (χ1v) is 21.2. The lowest BCUT2D eigenvalue weighted by Gasteiger charge is -2.31. The number of amides is 1. The Morgan fingerprint density at radius 3 is 1.88 bits per heavy atom. The topological polar surface area (TPSA) is 84.1 Å². The van der Waals surface area contributed by atoms with Crippen LogP contribution in [-0.2, 0) is 33.8 Å². The van der Waals surface area contributed by atoms with Crippen LogP contribution < -0.4 is 5.32 Å². The first-order chi connectivity index (χ1) is 27.8. The quantitative estimate of drug-likeness (QED) is 0.159. The van der Waals surface area contributed by atoms with Gasteiger partial charge in [0.25, 0.3) is 0 Å². The predicted molar refractivity (Wildman–Crippen MR) is 239 cm³/mol. The molecule has 9 nitrogen and oxygen atoms in total. The monoisotopic (exact) mass is 790 g/mol. The molecule has 0 bridgehead atoms. The van der Waals surface area contributed by atoms with Gasteiger partial charge in [-0.25, -0.2) is 0 Å². The first-order valence-electron chi connectivity index (χ1n) is 21.2. The van der Waals surface area contributed by atoms with Crippen LogP contribution >= 0.6 is 0 Å². The maximum absolute atomic E-state index is 11.7. The summed E-state index contributed by atoms with van der Waals surface area (Å²) in [6, 6.07) is 21.9. The van der Waals surface area contributed by atoms with E-state index in [0.29, 0.717) is 13.1 Å². The summed E-state index contributed by atoms with van der Waals surface area (Å²) in [6.07, 6.45) is 0.801. The number of para-hydroxylation sites is 1. The average molecular weight is 790 g/mol. The third-order valence-electron chi connectivity index (χ3n) is 12.5. The van der Waals surface area contributed by atoms with E-state index in [-0.39, 0.29) is 18.1 Å². The fourth-order valence-electron chi connectivity index (χ4n) is 8.78. The van der Waals surface area contributed by atoms with Crippen LogP contribution in [0.25, 0.3) is 27.4 Å². The molecule has 3 aromatic carbocycles. The molecule has 1 aliphatic carbocycles. The Morgan fingerprint density at radius 1 is 0.672 bits per heavy atom. The molecule has 2 fully saturated rings. The number of allylic oxidation sites excluding steroid dienone is 2. The highest BCUT2D eigenvalue weighted by Gasteiger charge is 2.21. The summed E-state index contributed by atoms with van der Waals surface area (Å²) in [5.74, 6) is 0.0269. The number of nitrogens with one attached hydrogen (secondary N) is 1. The summed E-state index contributed by atoms with van der Waals surface area (Å²) in [4.78, 5) is 16.3. The third kappa shape index (κ3) is 10.5. The summed E-state index contributed by atoms with van der Waals surface area (Å²) >= 11 is 0. The van der Waals surface area contributed by atoms with Crippen LogP contribution in [0.1, 0.15) is 65.5 Å². The highest BCUT2D eigenvalue weighted by molar-refractivity contribution is 5.86. The number of benzene rings is 3. The summed E-state index contributed by atoms with van der Waals surface area (Å²) in [5, 5.41) is 16.2. The second kappa shape index (κ2) is 19.7. The van der Waals surface area contributed by atoms with Crippen LogP contribution in [0.15, 0.2) is 66.2 Å². The van der Waals surface area contributed by atoms with Gasteiger partial charge in [-0.15, -0.1) is 0 Å². The fourth-order valence-corrected chi connectivity index (χ4v) is 8.78. The number of aliphatic hydroxyl groups is 1. The summed E-state index contributed by atoms with van der Waals surface area (Å²) in [5.41, 5.74) is 16.2. The molecule has 2 aromatic heterocycles. The van der Waals surface area contributed by atoms with Gasteiger partial charge in [-0.1, -0.05) is 59.2 Å². The molecule has 2 N–H and O–H groups in total. The average Bonchev–Trinajstić information content (AvgIpc) is 3.72. The Morgan fingerprint density at radius 2 is 1.22 bits per heavy atom. The smallest absolute Gasteiger partial charge is 0.217 e. The molecule has 312 valence electrons. The second-order valence-corrected chi connectivity index (χ2v) is 16.8. The number of hydrogen-bond donors (Lipinski definition) is 2. The van der Waals surface area contributed by atoms with Gasteiger partial charge >= 0.3 is 0 Å². The number of carbonyl (C=O) groups excluding carboxylic acids is 1. The van der Waals surface area contributed by atoms with Crippen LogP contribution in [0.5, 0.6) is 0 Å². The van der Waals surface area contributed by atoms with Gasteiger partial charge in [0.15, 0.2) is 0 Å². The van der Waals surface area contributed by atoms with Crippen molar-refractivity contribution in [3.8, 4) is 0 Å². The van der Waals surface area contributed by atoms with Crippen molar-refractivity contribution in [2.45, 2.75) is 94.0 Å². The Hall–Kier alpha value is -4.25. The molecule has 2 atom stereocenters. The Bertz CT molecular complexity index is 2220. The van der Waals surface area contributed by atoms with Crippen molar-refractivity contribution in [3.05, 3.63) is 111 Å². The zero-order valence-electron chi connectivity index (χ0n) is 36.6. The standard InChI is InChI=1S/C19H27N3O2.C18H26N2O2.C12H14/c1-14-15(2)22(19-7-5-4-6-18(14)19)13-17(20-16(3)23)12-21-8-10-24-11-9-21;1-13-4-5-18-17(10-13)14(2)15(3)20(18)12-16(21)11-19-6-8-22-9-7-19;1-8-4-5-11-7-9(2)10(3)12(11)6-8/h4-7,17H,8-13H2,1-3H3,(H,20,23);4-5,10,16,21H,6-9,11-12H2,1-3H3;4-6H,7H2,1-3H3. The number of carbonyl (C=O) groups is 1. The molecule has 0 radical (unpaired) electrons. The van der Waals surface area contributed by atoms with Crippen LogP contribution in [0.3, 0.4) is 0 Å². The number of aliphatic hydroxyl groups excluding tert-OH is 1. The molecule has 8 rings (SSSR count). The number of aryl methyl sites for hydroxylation is 4. The predicted octanol–water partition coefficient (Wildman–Crippen LogP) is 7.70. The van der Waals surface area contributed by atoms with Gasteiger partial charge in [-0.2, -0.15) is 0 Å². The van der Waals surface area contributed by atoms with E-state index in [0.717, 1.165) is 72.1 Å². The summed E-state index contributed by atoms with van der Waals surface area (Å²) in [7, 11) is 0. The van der Waals surface area contributed by atoms with Gasteiger partial charge in [-0.05, 0) is 108 Å². The van der Waals surface area contributed by atoms with E-state index in [1.807, 2.05) is 0 Å². The number of β-amino-alcohol motifs (C(OH)–C–C–N with tert-alkyl or cyclic N) is 1. The number of nitrogens with zero attached hydrogens (tertiary/aromatic N) is 4. The van der Waals surface area contributed by atoms with Crippen LogP contribution in [0, 0.1) is 41.5 Å². The van der Waals surface area contributed by atoms with Crippen molar-refractivity contribution >= 4 is 33.3 Å². The van der Waals surface area contributed by atoms with E-state index in [1.54, 1.807) is 6.92 Å². The minimum atomic E-state index is -0.354. The zero-order valence-corrected chi connectivity index (χ0v) is 36.6. The number of morpholine rings is 2. The van der Waals surface area contributed by atoms with Crippen LogP contribution in [-0.4, -0.2) is 108 Å². The van der Waals surface area contributed by atoms with Gasteiger partial charge < -0.3 is 29.0 Å². The van der Waals surface area contributed by atoms with Crippen LogP contribution in [0.2, 0.25) is 0 Å². The van der Waals surface area contributed by atoms with E-state index in [4.69, 9.17) is 9.47 Å². The number of aromatic nitrogens is 2. The fraction of sp³-hybridized carbons (Fsp3) is 0.490. The molecule has 2 unspecified atom stereocenters. The molecular formula is C49H67N5O4. The molecule has 58 heavy (non-hydrogen) atoms. The molecule has 0 saturated carbocycles. The van der Waals surface area contributed by atoms with Gasteiger partial charge in [-0.3, -0.25) is 14.6 Å². The van der Waals surface area contributed by atoms with E-state index >= 15 is 0 Å². The highest BCUT2D eigenvalue weighted by atomic mass is 16.5. The molecule has 9 heteroatoms. The second-order valence-electron chi connectivity index (χ2n) is 16.8. The zero-order chi connectivity index (χ0) is 41.5. The Kier molecular flexibility index (Phi) is 14.7. The van der Waals surface area contributed by atoms with Crippen molar-refractivity contribution in [3.63, 3.8) is 0 Å². The number of rotatable bonds is 9. The lowest BCUT2D eigenvalue weighted by atomic mass is 10.0. The SMILES string of the molecule is CC(=O)NC(CN1CCOCC1)Cn1c(C)c(C)c2ccccc21.CC1=C(C)c2cc(C)ccc2C1.Cc1ccc2c(c1)c(C)c(C)n2CC(O)CN1CCOCC1. The molecule has 2 saturated heterocycles. The molecule has 1 amide bonds. The van der Waals surface area contributed by atoms with Crippen molar-refractivity contribution in [1.29, 1.82) is 0 Å². The van der Waals surface area contributed by atoms with Crippen LogP contribution in [0.4, 0.5) is 0 Å². The van der Waals surface area contributed by atoms with Crippen molar-refractivity contribution in [1.82, 2.24) is 24.3 Å². The normalized spacial score (nSPS) is 17.1. The highest BCUT2D eigenvalue weighted by Crippen LogP contribution is 2.32. The molecule has 2 aliphatic heterocycles. The Balaban J connectivity index is 0.000000154. The van der Waals surface area contributed by atoms with E-state index < -0.39 is 0 Å². The lowest BCUT2D eigenvalue weighted by Crippen LogP contribution is -2.48. The maximum atomic E-state index is 11.7. The van der Waals surface area contributed by atoms with E-state index in [1.165, 1.54) is 77.7 Å². The number of ether oxygens (including phenoxy) is 2. The van der Waals surface area contributed by atoms with Gasteiger partial charge in [0, 0.05) is 85.9 Å². The van der Waals surface area contributed by atoms with Gasteiger partial charge in [0.1, 0.15) is 0 Å². The van der Waals surface area contributed by atoms with Gasteiger partial charge in [0.2, 0.25) is 5.91 Å². The van der Waals surface area contributed by atoms with Gasteiger partial charge in [0.05, 0.1) is 45.1 Å². The third-order valence-corrected chi connectivity index (χ3v) is 12.5. The minimum absolute atomic E-state index is 0.0269. The molecule has 0 spiro atoms. The number of hydrogen-bond acceptors (Lipinski definition) is 6. The molecule has 4 heterocycles. The molecule has 3 aliphatic rings. The molecular weight excluding hydrogens is 723 g/mol. The van der Waals surface area contributed by atoms with E-state index in [2.05, 4.69) is 140 Å². The summed E-state index contributed by atoms with van der Waals surface area (Å²) in [6.45, 7) is 28.8.